The van der Waals surface area contributed by atoms with Crippen molar-refractivity contribution in [3.8, 4) is 17.2 Å². The number of rotatable bonds is 4. The SMILES string of the molecule is Cc1oc(-c2cccc(C(F)(F)F)c2)nc1COc1ccccc1. The first-order chi connectivity index (χ1) is 11.4. The van der Waals surface area contributed by atoms with Crippen LogP contribution in [0.5, 0.6) is 5.75 Å². The smallest absolute Gasteiger partial charge is 0.416 e. The molecule has 0 fully saturated rings. The van der Waals surface area contributed by atoms with E-state index in [4.69, 9.17) is 9.15 Å². The lowest BCUT2D eigenvalue weighted by Gasteiger charge is -2.06. The van der Waals surface area contributed by atoms with E-state index < -0.39 is 11.7 Å². The van der Waals surface area contributed by atoms with E-state index in [0.717, 1.165) is 12.1 Å². The Morgan fingerprint density at radius 2 is 1.79 bits per heavy atom. The molecule has 0 N–H and O–H groups in total. The molecule has 0 saturated carbocycles. The molecule has 3 rings (SSSR count). The first kappa shape index (κ1) is 16.1. The zero-order chi connectivity index (χ0) is 17.2. The molecule has 0 aliphatic carbocycles. The number of hydrogen-bond donors (Lipinski definition) is 0. The van der Waals surface area contributed by atoms with Crippen LogP contribution in [0.25, 0.3) is 11.5 Å². The number of halogens is 3. The second kappa shape index (κ2) is 6.39. The first-order valence-electron chi connectivity index (χ1n) is 7.25. The number of alkyl halides is 3. The fourth-order valence-corrected chi connectivity index (χ4v) is 2.18. The minimum Gasteiger partial charge on any atom is -0.487 e. The lowest BCUT2D eigenvalue weighted by Crippen LogP contribution is -2.04. The molecule has 1 aromatic heterocycles. The van der Waals surface area contributed by atoms with Gasteiger partial charge in [-0.3, -0.25) is 0 Å². The molecular weight excluding hydrogens is 319 g/mol. The largest absolute Gasteiger partial charge is 0.487 e. The Hall–Kier alpha value is -2.76. The fourth-order valence-electron chi connectivity index (χ4n) is 2.18. The summed E-state index contributed by atoms with van der Waals surface area (Å²) in [5.74, 6) is 1.34. The Bertz CT molecular complexity index is 826. The van der Waals surface area contributed by atoms with Crippen LogP contribution < -0.4 is 4.74 Å². The zero-order valence-electron chi connectivity index (χ0n) is 12.8. The Morgan fingerprint density at radius 1 is 1.04 bits per heavy atom. The lowest BCUT2D eigenvalue weighted by molar-refractivity contribution is -0.137. The third-order valence-electron chi connectivity index (χ3n) is 3.45. The molecule has 124 valence electrons. The van der Waals surface area contributed by atoms with Crippen molar-refractivity contribution < 1.29 is 22.3 Å². The van der Waals surface area contributed by atoms with Gasteiger partial charge in [-0.2, -0.15) is 13.2 Å². The Labute approximate surface area is 136 Å². The van der Waals surface area contributed by atoms with Gasteiger partial charge in [-0.15, -0.1) is 0 Å². The van der Waals surface area contributed by atoms with Crippen LogP contribution in [0.2, 0.25) is 0 Å². The summed E-state index contributed by atoms with van der Waals surface area (Å²) in [6.07, 6.45) is -4.41. The highest BCUT2D eigenvalue weighted by molar-refractivity contribution is 5.55. The molecule has 0 amide bonds. The van der Waals surface area contributed by atoms with Crippen molar-refractivity contribution in [2.75, 3.05) is 0 Å². The predicted molar refractivity (Wildman–Crippen MR) is 82.5 cm³/mol. The van der Waals surface area contributed by atoms with Gasteiger partial charge in [0.05, 0.1) is 5.56 Å². The number of benzene rings is 2. The molecule has 0 saturated heterocycles. The Kier molecular flexibility index (Phi) is 4.29. The number of aryl methyl sites for hydroxylation is 1. The van der Waals surface area contributed by atoms with E-state index >= 15 is 0 Å². The molecule has 6 heteroatoms. The van der Waals surface area contributed by atoms with E-state index in [1.54, 1.807) is 6.92 Å². The minimum absolute atomic E-state index is 0.144. The van der Waals surface area contributed by atoms with E-state index in [9.17, 15) is 13.2 Å². The van der Waals surface area contributed by atoms with Crippen LogP contribution in [0.4, 0.5) is 13.2 Å². The number of nitrogens with zero attached hydrogens (tertiary/aromatic N) is 1. The van der Waals surface area contributed by atoms with Crippen molar-refractivity contribution >= 4 is 0 Å². The van der Waals surface area contributed by atoms with E-state index in [0.29, 0.717) is 17.2 Å². The van der Waals surface area contributed by atoms with Gasteiger partial charge in [0.1, 0.15) is 23.8 Å². The van der Waals surface area contributed by atoms with E-state index in [2.05, 4.69) is 4.98 Å². The maximum absolute atomic E-state index is 12.8. The quantitative estimate of drug-likeness (QED) is 0.654. The predicted octanol–water partition coefficient (Wildman–Crippen LogP) is 5.25. The molecule has 0 unspecified atom stereocenters. The van der Waals surface area contributed by atoms with Gasteiger partial charge >= 0.3 is 6.18 Å². The van der Waals surface area contributed by atoms with Crippen LogP contribution in [-0.4, -0.2) is 4.98 Å². The number of ether oxygens (including phenoxy) is 1. The average Bonchev–Trinajstić information content (AvgIpc) is 2.94. The molecule has 0 aliphatic rings. The molecule has 0 radical (unpaired) electrons. The first-order valence-corrected chi connectivity index (χ1v) is 7.25. The van der Waals surface area contributed by atoms with E-state index in [-0.39, 0.29) is 18.1 Å². The topological polar surface area (TPSA) is 35.3 Å². The van der Waals surface area contributed by atoms with E-state index in [1.165, 1.54) is 12.1 Å². The van der Waals surface area contributed by atoms with Gasteiger partial charge < -0.3 is 9.15 Å². The molecule has 1 heterocycles. The molecular formula is C18H14F3NO2. The second-order valence-corrected chi connectivity index (χ2v) is 5.20. The molecule has 0 atom stereocenters. The van der Waals surface area contributed by atoms with Gasteiger partial charge in [0.25, 0.3) is 0 Å². The van der Waals surface area contributed by atoms with Crippen molar-refractivity contribution in [2.45, 2.75) is 19.7 Å². The highest BCUT2D eigenvalue weighted by Gasteiger charge is 2.30. The molecule has 0 aliphatic heterocycles. The fraction of sp³-hybridized carbons (Fsp3) is 0.167. The summed E-state index contributed by atoms with van der Waals surface area (Å²) in [5.41, 5.74) is 0.0862. The van der Waals surface area contributed by atoms with E-state index in [1.807, 2.05) is 30.3 Å². The van der Waals surface area contributed by atoms with Crippen molar-refractivity contribution in [3.63, 3.8) is 0 Å². The van der Waals surface area contributed by atoms with Gasteiger partial charge in [-0.05, 0) is 37.3 Å². The summed E-state index contributed by atoms with van der Waals surface area (Å²) in [6, 6.07) is 14.1. The number of para-hydroxylation sites is 1. The van der Waals surface area contributed by atoms with Gasteiger partial charge in [-0.25, -0.2) is 4.98 Å². The maximum atomic E-state index is 12.8. The third kappa shape index (κ3) is 3.59. The van der Waals surface area contributed by atoms with Gasteiger partial charge in [0, 0.05) is 5.56 Å². The summed E-state index contributed by atoms with van der Waals surface area (Å²) in [5, 5.41) is 0. The highest BCUT2D eigenvalue weighted by Crippen LogP contribution is 2.32. The van der Waals surface area contributed by atoms with Crippen LogP contribution in [0.3, 0.4) is 0 Å². The van der Waals surface area contributed by atoms with Gasteiger partial charge in [-0.1, -0.05) is 24.3 Å². The Morgan fingerprint density at radius 3 is 2.50 bits per heavy atom. The second-order valence-electron chi connectivity index (χ2n) is 5.20. The zero-order valence-corrected chi connectivity index (χ0v) is 12.8. The summed E-state index contributed by atoms with van der Waals surface area (Å²) >= 11 is 0. The molecule has 0 bridgehead atoms. The van der Waals surface area contributed by atoms with Gasteiger partial charge in [0.15, 0.2) is 0 Å². The minimum atomic E-state index is -4.41. The summed E-state index contributed by atoms with van der Waals surface area (Å²) in [7, 11) is 0. The third-order valence-corrected chi connectivity index (χ3v) is 3.45. The standard InChI is InChI=1S/C18H14F3NO2/c1-12-16(11-23-15-8-3-2-4-9-15)22-17(24-12)13-6-5-7-14(10-13)18(19,20)21/h2-10H,11H2,1H3. The van der Waals surface area contributed by atoms with Crippen molar-refractivity contribution in [2.24, 2.45) is 0 Å². The molecule has 0 spiro atoms. The Balaban J connectivity index is 1.81. The van der Waals surface area contributed by atoms with Crippen LogP contribution in [0, 0.1) is 6.92 Å². The van der Waals surface area contributed by atoms with Crippen molar-refractivity contribution in [3.05, 3.63) is 71.6 Å². The lowest BCUT2D eigenvalue weighted by atomic mass is 10.1. The number of aromatic nitrogens is 1. The number of hydrogen-bond acceptors (Lipinski definition) is 3. The number of oxazole rings is 1. The molecule has 3 aromatic rings. The van der Waals surface area contributed by atoms with Crippen LogP contribution in [0.15, 0.2) is 59.0 Å². The van der Waals surface area contributed by atoms with Gasteiger partial charge in [0.2, 0.25) is 5.89 Å². The summed E-state index contributed by atoms with van der Waals surface area (Å²) < 4.78 is 49.5. The van der Waals surface area contributed by atoms with Crippen molar-refractivity contribution in [1.82, 2.24) is 4.98 Å². The van der Waals surface area contributed by atoms with Crippen molar-refractivity contribution in [1.29, 1.82) is 0 Å². The maximum Gasteiger partial charge on any atom is 0.416 e. The highest BCUT2D eigenvalue weighted by atomic mass is 19.4. The molecule has 3 nitrogen and oxygen atoms in total. The average molecular weight is 333 g/mol. The summed E-state index contributed by atoms with van der Waals surface area (Å²) in [6.45, 7) is 1.88. The molecule has 24 heavy (non-hydrogen) atoms. The van der Waals surface area contributed by atoms with Crippen LogP contribution in [-0.2, 0) is 12.8 Å². The monoisotopic (exact) mass is 333 g/mol. The van der Waals surface area contributed by atoms with Crippen LogP contribution >= 0.6 is 0 Å². The summed E-state index contributed by atoms with van der Waals surface area (Å²) in [4.78, 5) is 4.26. The van der Waals surface area contributed by atoms with Crippen LogP contribution in [0.1, 0.15) is 17.0 Å². The normalized spacial score (nSPS) is 11.5. The molecule has 2 aromatic carbocycles.